The second-order valence-corrected chi connectivity index (χ2v) is 4.16. The number of aliphatic hydroxyl groups excluding tert-OH is 1. The molecule has 0 fully saturated rings. The van der Waals surface area contributed by atoms with Crippen LogP contribution in [0.1, 0.15) is 0 Å². The van der Waals surface area contributed by atoms with E-state index in [9.17, 15) is 25.9 Å². The van der Waals surface area contributed by atoms with Crippen molar-refractivity contribution in [2.45, 2.75) is 0 Å². The van der Waals surface area contributed by atoms with Crippen LogP contribution in [-0.4, -0.2) is 45.7 Å². The smallest absolute Gasteiger partial charge is 0.771 e. The van der Waals surface area contributed by atoms with E-state index in [1.807, 2.05) is 0 Å². The zero-order chi connectivity index (χ0) is 12.7. The van der Waals surface area contributed by atoms with Crippen molar-refractivity contribution in [1.82, 2.24) is 0 Å². The van der Waals surface area contributed by atoms with Crippen LogP contribution in [-0.2, 0) is 40.5 Å². The Morgan fingerprint density at radius 3 is 1.22 bits per heavy atom. The fraction of sp³-hybridized carbons (Fsp3) is 1.00. The Morgan fingerprint density at radius 2 is 1.17 bits per heavy atom. The molecule has 17 heteroatoms. The zero-order valence-electron chi connectivity index (χ0n) is 9.46. The van der Waals surface area contributed by atoms with E-state index in [1.54, 1.807) is 0 Å². The molecule has 0 bridgehead atoms. The van der Waals surface area contributed by atoms with Crippen LogP contribution in [0.25, 0.3) is 0 Å². The van der Waals surface area contributed by atoms with Crippen LogP contribution in [0, 0.1) is 0 Å². The van der Waals surface area contributed by atoms with Gasteiger partial charge in [-0.05, 0) is 11.1 Å². The van der Waals surface area contributed by atoms with Gasteiger partial charge in [0.05, 0.1) is 0 Å². The van der Waals surface area contributed by atoms with Gasteiger partial charge in [0.1, 0.15) is 5.94 Å². The molecule has 0 saturated heterocycles. The molecule has 0 aliphatic heterocycles. The molecule has 0 aromatic rings. The van der Waals surface area contributed by atoms with Crippen molar-refractivity contribution in [3.05, 3.63) is 0 Å². The standard InChI is InChI=1S/CH4O3S.K.2Na.H2O8S2/c2-1-5(3)4;;;;1-9(2,3)7-8-10(4,5)6/h2H,1H2,(H,3,4);;;;(H,1,2,3)(H,4,5,6)/q;3*+1;/p-3. The Kier molecular flexibility index (Phi) is 31.0. The van der Waals surface area contributed by atoms with Crippen LogP contribution in [0.15, 0.2) is 0 Å². The maximum absolute atomic E-state index is 9.37. The largest absolute Gasteiger partial charge is 1.00 e. The van der Waals surface area contributed by atoms with Crippen LogP contribution in [0.4, 0.5) is 0 Å². The number of rotatable bonds is 4. The van der Waals surface area contributed by atoms with E-state index in [1.165, 1.54) is 0 Å². The Labute approximate surface area is 192 Å². The third kappa shape index (κ3) is 42.7. The maximum Gasteiger partial charge on any atom is 1.00 e. The summed E-state index contributed by atoms with van der Waals surface area (Å²) in [4.78, 5) is 0. The SMILES string of the molecule is O=S(=O)([O-])OOS(=O)(=O)[O-].O=S([O-])CO.[K+].[Na+].[Na+]. The Bertz CT molecular complexity index is 355. The van der Waals surface area contributed by atoms with Gasteiger partial charge in [0.25, 0.3) is 0 Å². The summed E-state index contributed by atoms with van der Waals surface area (Å²) in [5.74, 6) is -0.778. The van der Waals surface area contributed by atoms with E-state index in [0.29, 0.717) is 0 Å². The van der Waals surface area contributed by atoms with Gasteiger partial charge in [0.2, 0.25) is 20.8 Å². The summed E-state index contributed by atoms with van der Waals surface area (Å²) in [5, 5.41) is 7.53. The molecule has 0 rings (SSSR count). The molecule has 0 aliphatic carbocycles. The molecular formula is CH3KNa2O11S3. The Hall–Kier alpha value is 3.45. The van der Waals surface area contributed by atoms with Gasteiger partial charge in [-0.3, -0.25) is 4.21 Å². The molecule has 1 atom stereocenters. The quantitative estimate of drug-likeness (QED) is 0.123. The Balaban J connectivity index is -0.0000000621. The molecule has 0 aromatic carbocycles. The average molecular weight is 372 g/mol. The van der Waals surface area contributed by atoms with Crippen molar-refractivity contribution in [2.75, 3.05) is 5.94 Å². The van der Waals surface area contributed by atoms with E-state index in [2.05, 4.69) is 8.67 Å². The van der Waals surface area contributed by atoms with Gasteiger partial charge < -0.3 is 18.8 Å². The van der Waals surface area contributed by atoms with Gasteiger partial charge in [-0.2, -0.15) is 0 Å². The predicted molar refractivity (Wildman–Crippen MR) is 37.6 cm³/mol. The van der Waals surface area contributed by atoms with Crippen LogP contribution in [0.3, 0.4) is 0 Å². The first-order valence-corrected chi connectivity index (χ1v) is 6.35. The second-order valence-electron chi connectivity index (χ2n) is 1.39. The number of hydrogen-bond acceptors (Lipinski definition) is 11. The van der Waals surface area contributed by atoms with E-state index < -0.39 is 37.8 Å². The van der Waals surface area contributed by atoms with Crippen LogP contribution >= 0.6 is 0 Å². The Morgan fingerprint density at radius 1 is 1.00 bits per heavy atom. The summed E-state index contributed by atoms with van der Waals surface area (Å²) in [6.07, 6.45) is 0. The summed E-state index contributed by atoms with van der Waals surface area (Å²) >= 11 is -2.27. The molecule has 1 N–H and O–H groups in total. The minimum Gasteiger partial charge on any atom is -0.771 e. The third-order valence-electron chi connectivity index (χ3n) is 0.300. The van der Waals surface area contributed by atoms with Crippen molar-refractivity contribution in [3.63, 3.8) is 0 Å². The summed E-state index contributed by atoms with van der Waals surface area (Å²) in [7, 11) is -10.6. The van der Waals surface area contributed by atoms with Gasteiger partial charge in [0, 0.05) is 0 Å². The molecule has 0 amide bonds. The van der Waals surface area contributed by atoms with Gasteiger partial charge in [-0.25, -0.2) is 16.8 Å². The molecule has 1 unspecified atom stereocenters. The zero-order valence-corrected chi connectivity index (χ0v) is 19.0. The van der Waals surface area contributed by atoms with Crippen molar-refractivity contribution in [3.8, 4) is 0 Å². The molecule has 0 saturated carbocycles. The van der Waals surface area contributed by atoms with Gasteiger partial charge in [0.15, 0.2) is 0 Å². The van der Waals surface area contributed by atoms with E-state index in [4.69, 9.17) is 13.9 Å². The van der Waals surface area contributed by atoms with Crippen molar-refractivity contribution in [1.29, 1.82) is 0 Å². The van der Waals surface area contributed by atoms with Gasteiger partial charge in [-0.1, -0.05) is 0 Å². The summed E-state index contributed by atoms with van der Waals surface area (Å²) in [5.41, 5.74) is 0. The minimum absolute atomic E-state index is 0. The molecule has 0 aliphatic rings. The normalized spacial score (nSPS) is 11.6. The van der Waals surface area contributed by atoms with Crippen molar-refractivity contribution < 1.29 is 159 Å². The first-order valence-electron chi connectivity index (χ1n) is 2.44. The van der Waals surface area contributed by atoms with Crippen molar-refractivity contribution in [2.24, 2.45) is 0 Å². The molecular weight excluding hydrogens is 369 g/mol. The maximum atomic E-state index is 9.37. The van der Waals surface area contributed by atoms with Crippen LogP contribution < -0.4 is 110 Å². The molecule has 18 heavy (non-hydrogen) atoms. The molecule has 0 radical (unpaired) electrons. The van der Waals surface area contributed by atoms with Crippen LogP contribution in [0.5, 0.6) is 0 Å². The number of hydrogen-bond donors (Lipinski definition) is 1. The van der Waals surface area contributed by atoms with E-state index in [-0.39, 0.29) is 110 Å². The predicted octanol–water partition coefficient (Wildman–Crippen LogP) is -12.3. The summed E-state index contributed by atoms with van der Waals surface area (Å²) in [6.45, 7) is 0. The van der Waals surface area contributed by atoms with E-state index >= 15 is 0 Å². The monoisotopic (exact) mass is 372 g/mol. The molecule has 0 spiro atoms. The minimum atomic E-state index is -5.31. The third-order valence-corrected chi connectivity index (χ3v) is 1.07. The first-order chi connectivity index (χ1) is 6.48. The fourth-order valence-corrected chi connectivity index (χ4v) is 0.612. The summed E-state index contributed by atoms with van der Waals surface area (Å²) in [6, 6.07) is 0. The van der Waals surface area contributed by atoms with Crippen LogP contribution in [0.2, 0.25) is 0 Å². The fourth-order valence-electron chi connectivity index (χ4n) is 0.0680. The van der Waals surface area contributed by atoms with Crippen molar-refractivity contribution >= 4 is 31.9 Å². The molecule has 11 nitrogen and oxygen atoms in total. The average Bonchev–Trinajstić information content (AvgIpc) is 2.00. The molecule has 0 heterocycles. The molecule has 94 valence electrons. The number of aliphatic hydroxyl groups is 1. The summed E-state index contributed by atoms with van der Waals surface area (Å²) < 4.78 is 79.7. The second kappa shape index (κ2) is 16.8. The topological polar surface area (TPSA) is 193 Å². The first kappa shape index (κ1) is 33.1. The van der Waals surface area contributed by atoms with Gasteiger partial charge in [-0.15, -0.1) is 8.67 Å². The van der Waals surface area contributed by atoms with E-state index in [0.717, 1.165) is 0 Å². The van der Waals surface area contributed by atoms with Gasteiger partial charge >= 0.3 is 110 Å². The molecule has 0 aromatic heterocycles.